The summed E-state index contributed by atoms with van der Waals surface area (Å²) in [7, 11) is 0. The van der Waals surface area contributed by atoms with E-state index in [0.29, 0.717) is 24.2 Å². The van der Waals surface area contributed by atoms with Crippen molar-refractivity contribution in [3.8, 4) is 0 Å². The van der Waals surface area contributed by atoms with Crippen LogP contribution in [0.5, 0.6) is 0 Å². The molecule has 2 aromatic rings. The van der Waals surface area contributed by atoms with Crippen molar-refractivity contribution >= 4 is 29.3 Å². The summed E-state index contributed by atoms with van der Waals surface area (Å²) in [6.45, 7) is 11.6. The highest BCUT2D eigenvalue weighted by molar-refractivity contribution is 7.98. The van der Waals surface area contributed by atoms with Gasteiger partial charge in [-0.25, -0.2) is 0 Å². The molecule has 0 radical (unpaired) electrons. The Bertz CT molecular complexity index is 1170. The van der Waals surface area contributed by atoms with Crippen LogP contribution >= 0.6 is 11.9 Å². The normalized spacial score (nSPS) is 20.4. The molecule has 0 fully saturated rings. The second-order valence-corrected chi connectivity index (χ2v) is 11.2. The smallest absolute Gasteiger partial charge is 0.316 e. The van der Waals surface area contributed by atoms with E-state index in [-0.39, 0.29) is 23.7 Å². The first-order valence-corrected chi connectivity index (χ1v) is 12.7. The van der Waals surface area contributed by atoms with E-state index in [1.54, 1.807) is 0 Å². The molecule has 2 unspecified atom stereocenters. The molecular formula is C28H32N2O3S. The Hall–Kier alpha value is -2.73. The largest absolute Gasteiger partial charge is 0.430 e. The maximum absolute atomic E-state index is 13.7. The first-order chi connectivity index (χ1) is 16.0. The summed E-state index contributed by atoms with van der Waals surface area (Å²) in [4.78, 5) is 26.5. The summed E-state index contributed by atoms with van der Waals surface area (Å²) in [6, 6.07) is 12.6. The van der Waals surface area contributed by atoms with Gasteiger partial charge in [0.05, 0.1) is 11.0 Å². The molecule has 2 aliphatic rings. The fourth-order valence-electron chi connectivity index (χ4n) is 4.67. The van der Waals surface area contributed by atoms with Crippen LogP contribution in [0.1, 0.15) is 66.6 Å². The van der Waals surface area contributed by atoms with Gasteiger partial charge in [0.25, 0.3) is 0 Å². The zero-order valence-corrected chi connectivity index (χ0v) is 21.6. The molecule has 2 atom stereocenters. The van der Waals surface area contributed by atoms with Gasteiger partial charge in [0, 0.05) is 18.1 Å². The van der Waals surface area contributed by atoms with Gasteiger partial charge in [0.15, 0.2) is 5.78 Å². The van der Waals surface area contributed by atoms with E-state index in [1.165, 1.54) is 11.9 Å². The minimum atomic E-state index is -0.650. The van der Waals surface area contributed by atoms with Crippen LogP contribution in [0.2, 0.25) is 0 Å². The van der Waals surface area contributed by atoms with Crippen LogP contribution < -0.4 is 0 Å². The number of carbonyl (C=O) groups excluding carboxylic acids is 2. The van der Waals surface area contributed by atoms with E-state index < -0.39 is 5.41 Å². The molecule has 6 heteroatoms. The Kier molecular flexibility index (Phi) is 6.81. The summed E-state index contributed by atoms with van der Waals surface area (Å²) in [5, 5.41) is 4.25. The molecule has 178 valence electrons. The molecule has 0 saturated heterocycles. The Labute approximate surface area is 206 Å². The Morgan fingerprint density at radius 2 is 1.74 bits per heavy atom. The highest BCUT2D eigenvalue weighted by Gasteiger charge is 2.38. The number of rotatable bonds is 5. The fourth-order valence-corrected chi connectivity index (χ4v) is 5.32. The van der Waals surface area contributed by atoms with E-state index in [1.807, 2.05) is 41.5 Å². The predicted molar refractivity (Wildman–Crippen MR) is 136 cm³/mol. The molecule has 0 amide bonds. The highest BCUT2D eigenvalue weighted by atomic mass is 32.2. The first-order valence-electron chi connectivity index (χ1n) is 11.7. The molecule has 1 aliphatic heterocycles. The summed E-state index contributed by atoms with van der Waals surface area (Å²) in [5.41, 5.74) is 6.24. The van der Waals surface area contributed by atoms with E-state index in [9.17, 15) is 9.59 Å². The maximum Gasteiger partial charge on any atom is 0.316 e. The van der Waals surface area contributed by atoms with Gasteiger partial charge in [-0.15, -0.1) is 4.52 Å². The topological polar surface area (TPSA) is 68.1 Å². The number of carbonyl (C=O) groups is 2. The quantitative estimate of drug-likeness (QED) is 0.348. The summed E-state index contributed by atoms with van der Waals surface area (Å²) in [6.07, 6.45) is 1.03. The van der Waals surface area contributed by atoms with Gasteiger partial charge >= 0.3 is 5.97 Å². The molecule has 0 aromatic heterocycles. The highest BCUT2D eigenvalue weighted by Crippen LogP contribution is 2.41. The average Bonchev–Trinajstić information content (AvgIpc) is 3.38. The van der Waals surface area contributed by atoms with Gasteiger partial charge in [-0.1, -0.05) is 42.0 Å². The monoisotopic (exact) mass is 476 g/mol. The van der Waals surface area contributed by atoms with E-state index in [0.717, 1.165) is 39.1 Å². The van der Waals surface area contributed by atoms with Gasteiger partial charge in [-0.2, -0.15) is 5.11 Å². The minimum Gasteiger partial charge on any atom is -0.430 e. The molecular weight excluding hydrogens is 444 g/mol. The zero-order valence-electron chi connectivity index (χ0n) is 20.8. The molecule has 2 aromatic carbocycles. The number of ketones is 1. The van der Waals surface area contributed by atoms with E-state index in [4.69, 9.17) is 4.74 Å². The Balaban J connectivity index is 1.63. The number of aryl methyl sites for hydroxylation is 3. The molecule has 0 N–H and O–H groups in total. The molecule has 0 spiro atoms. The molecule has 0 saturated carbocycles. The number of hydrogen-bond donors (Lipinski definition) is 0. The lowest BCUT2D eigenvalue weighted by atomic mass is 9.89. The summed E-state index contributed by atoms with van der Waals surface area (Å²) >= 11 is 1.48. The number of benzene rings is 2. The van der Waals surface area contributed by atoms with Crippen molar-refractivity contribution in [3.63, 3.8) is 0 Å². The molecule has 0 bridgehead atoms. The Morgan fingerprint density at radius 3 is 2.29 bits per heavy atom. The number of Topliss-reactive ketones (excluding diaryl/α,β-unsaturated/α-hetero) is 1. The van der Waals surface area contributed by atoms with Crippen LogP contribution in [0, 0.1) is 32.1 Å². The van der Waals surface area contributed by atoms with Crippen molar-refractivity contribution in [3.05, 3.63) is 75.5 Å². The van der Waals surface area contributed by atoms with Crippen LogP contribution in [0.15, 0.2) is 51.8 Å². The molecule has 1 heterocycles. The number of allylic oxidation sites excluding steroid dienone is 2. The minimum absolute atomic E-state index is 0.0526. The van der Waals surface area contributed by atoms with Gasteiger partial charge in [-0.05, 0) is 87.7 Å². The fraction of sp³-hybridized carbons (Fsp3) is 0.429. The lowest BCUT2D eigenvalue weighted by molar-refractivity contribution is -0.148. The van der Waals surface area contributed by atoms with Gasteiger partial charge in [0.2, 0.25) is 0 Å². The van der Waals surface area contributed by atoms with Gasteiger partial charge in [0.1, 0.15) is 11.8 Å². The number of nitrogens with zero attached hydrogens (tertiary/aromatic N) is 2. The van der Waals surface area contributed by atoms with Gasteiger partial charge in [-0.3, -0.25) is 9.59 Å². The second kappa shape index (κ2) is 9.49. The second-order valence-electron chi connectivity index (χ2n) is 10.4. The third-order valence-electron chi connectivity index (χ3n) is 6.41. The van der Waals surface area contributed by atoms with Gasteiger partial charge < -0.3 is 4.74 Å². The zero-order chi connectivity index (χ0) is 24.6. The van der Waals surface area contributed by atoms with Crippen molar-refractivity contribution in [2.45, 2.75) is 60.4 Å². The van der Waals surface area contributed by atoms with Crippen LogP contribution in [0.25, 0.3) is 5.57 Å². The van der Waals surface area contributed by atoms with Crippen molar-refractivity contribution < 1.29 is 14.3 Å². The number of esters is 1. The average molecular weight is 477 g/mol. The van der Waals surface area contributed by atoms with E-state index in [2.05, 4.69) is 46.0 Å². The van der Waals surface area contributed by atoms with Crippen LogP contribution in [-0.2, 0) is 20.7 Å². The van der Waals surface area contributed by atoms with Crippen molar-refractivity contribution in [1.29, 1.82) is 0 Å². The standard InChI is InChI=1S/C28H32N2O3S/c1-16-11-17(2)24(18(3)12-16)25-23(33-27(32)28(4,5)6)14-21(26(25)31)13-19-7-9-20(10-8-19)22-15-34-30-29-22/h7-12,21-22H,13-15H2,1-6H3. The number of ether oxygens (including phenoxy) is 1. The van der Waals surface area contributed by atoms with Crippen LogP contribution in [0.3, 0.4) is 0 Å². The molecule has 1 aliphatic carbocycles. The Morgan fingerprint density at radius 1 is 1.09 bits per heavy atom. The maximum atomic E-state index is 13.7. The lowest BCUT2D eigenvalue weighted by Crippen LogP contribution is -2.22. The molecule has 34 heavy (non-hydrogen) atoms. The molecule has 5 nitrogen and oxygen atoms in total. The first kappa shape index (κ1) is 24.4. The third-order valence-corrected chi connectivity index (χ3v) is 7.08. The number of hydrogen-bond acceptors (Lipinski definition) is 6. The van der Waals surface area contributed by atoms with Crippen LogP contribution in [-0.4, -0.2) is 17.5 Å². The van der Waals surface area contributed by atoms with E-state index >= 15 is 0 Å². The van der Waals surface area contributed by atoms with Crippen molar-refractivity contribution in [1.82, 2.24) is 0 Å². The predicted octanol–water partition coefficient (Wildman–Crippen LogP) is 6.90. The lowest BCUT2D eigenvalue weighted by Gasteiger charge is -2.18. The summed E-state index contributed by atoms with van der Waals surface area (Å²) < 4.78 is 9.92. The third kappa shape index (κ3) is 5.02. The molecule has 4 rings (SSSR count). The SMILES string of the molecule is Cc1cc(C)c(C2=C(OC(=O)C(C)(C)C)CC(Cc3ccc(C4CSN=N4)cc3)C2=O)c(C)c1. The van der Waals surface area contributed by atoms with Crippen LogP contribution in [0.4, 0.5) is 0 Å². The van der Waals surface area contributed by atoms with Crippen molar-refractivity contribution in [2.75, 3.05) is 5.75 Å². The summed E-state index contributed by atoms with van der Waals surface area (Å²) in [5.74, 6) is 0.849. The van der Waals surface area contributed by atoms with Crippen molar-refractivity contribution in [2.24, 2.45) is 21.0 Å².